The molecule has 1 amide bonds. The number of epoxide rings is 1. The molecule has 53 heavy (non-hydrogen) atoms. The van der Waals surface area contributed by atoms with Crippen LogP contribution in [0.4, 0.5) is 4.79 Å². The zero-order valence-electron chi connectivity index (χ0n) is 33.6. The van der Waals surface area contributed by atoms with Crippen LogP contribution in [0.1, 0.15) is 120 Å². The Balaban J connectivity index is 1.72. The van der Waals surface area contributed by atoms with Crippen molar-refractivity contribution >= 4 is 12.1 Å². The predicted molar refractivity (Wildman–Crippen MR) is 206 cm³/mol. The van der Waals surface area contributed by atoms with Gasteiger partial charge in [0.15, 0.2) is 0 Å². The van der Waals surface area contributed by atoms with E-state index in [9.17, 15) is 29.8 Å². The minimum atomic E-state index is -1.39. The number of hydrogen-bond acceptors (Lipinski definition) is 11. The first-order chi connectivity index (χ1) is 25.0. The van der Waals surface area contributed by atoms with E-state index in [1.165, 1.54) is 32.1 Å². The van der Waals surface area contributed by atoms with Gasteiger partial charge in [0.2, 0.25) is 0 Å². The number of rotatable bonds is 19. The Hall–Kier alpha value is -2.64. The van der Waals surface area contributed by atoms with Gasteiger partial charge in [0.25, 0.3) is 0 Å². The molecule has 12 nitrogen and oxygen atoms in total. The number of carbonyl (C=O) groups excluding carboxylic acids is 2. The number of nitrogens with zero attached hydrogens (tertiary/aromatic N) is 3. The number of aliphatic hydroxyl groups is 3. The molecule has 9 atom stereocenters. The molecule has 0 aromatic rings. The van der Waals surface area contributed by atoms with Crippen LogP contribution in [0.5, 0.6) is 0 Å². The van der Waals surface area contributed by atoms with Crippen LogP contribution in [0.25, 0.3) is 0 Å². The largest absolute Gasteiger partial charge is 0.457 e. The Labute approximate surface area is 318 Å². The fourth-order valence-corrected chi connectivity index (χ4v) is 7.47. The van der Waals surface area contributed by atoms with Gasteiger partial charge in [0.05, 0.1) is 36.4 Å². The Bertz CT molecular complexity index is 1260. The Morgan fingerprint density at radius 1 is 0.962 bits per heavy atom. The van der Waals surface area contributed by atoms with Crippen molar-refractivity contribution in [3.63, 3.8) is 0 Å². The van der Waals surface area contributed by atoms with Gasteiger partial charge in [-0.05, 0) is 71.4 Å². The van der Waals surface area contributed by atoms with Crippen LogP contribution in [-0.4, -0.2) is 117 Å². The second kappa shape index (κ2) is 20.9. The van der Waals surface area contributed by atoms with Gasteiger partial charge < -0.3 is 34.4 Å². The molecule has 1 aliphatic carbocycles. The maximum atomic E-state index is 13.4. The van der Waals surface area contributed by atoms with Crippen LogP contribution in [-0.2, 0) is 19.0 Å². The lowest BCUT2D eigenvalue weighted by Crippen LogP contribution is -2.44. The maximum absolute atomic E-state index is 13.4. The fourth-order valence-electron chi connectivity index (χ4n) is 7.47. The quantitative estimate of drug-likeness (QED) is 0.0440. The predicted octanol–water partition coefficient (Wildman–Crippen LogP) is 6.46. The van der Waals surface area contributed by atoms with Crippen molar-refractivity contribution in [3.05, 3.63) is 40.9 Å². The summed E-state index contributed by atoms with van der Waals surface area (Å²) in [4.78, 5) is 42.5. The molecule has 12 heteroatoms. The molecule has 3 fully saturated rings. The molecular formula is C41H69N3O9. The molecule has 302 valence electrons. The van der Waals surface area contributed by atoms with Crippen molar-refractivity contribution in [1.82, 2.24) is 9.80 Å². The van der Waals surface area contributed by atoms with Crippen molar-refractivity contribution in [3.8, 4) is 0 Å². The molecular weight excluding hydrogens is 678 g/mol. The molecule has 9 unspecified atom stereocenters. The van der Waals surface area contributed by atoms with E-state index in [4.69, 9.17) is 14.2 Å². The standard InChI is InChI=1S/C41H69N3O9/c1-9-32(45)26-36(47)53-37(28(3)16-14-21-41(8,42-50)27-34-38(51-34)30(5)33(46)10-2)29(4)19-20-35(40(6,7)49)52-39(48)44-23-15-22-43(24-25-44)31-17-12-11-13-18-31/h14,16,19-21,29-35,37-38,45-46,49H,9-13,15,17-18,22-27H2,1-8H3/b20-19+,21-14+,28-16+. The van der Waals surface area contributed by atoms with Crippen LogP contribution >= 0.6 is 0 Å². The fraction of sp³-hybridized carbons (Fsp3) is 0.805. The molecule has 3 N–H and O–H groups in total. The number of hydrogen-bond donors (Lipinski definition) is 3. The summed E-state index contributed by atoms with van der Waals surface area (Å²) < 4.78 is 17.6. The van der Waals surface area contributed by atoms with Crippen molar-refractivity contribution in [2.24, 2.45) is 17.0 Å². The molecule has 2 saturated heterocycles. The van der Waals surface area contributed by atoms with Crippen molar-refractivity contribution < 1.29 is 39.1 Å². The summed E-state index contributed by atoms with van der Waals surface area (Å²) in [5.41, 5.74) is -1.77. The molecule has 0 bridgehead atoms. The molecule has 1 saturated carbocycles. The number of nitroso groups, excluding NO2 is 1. The van der Waals surface area contributed by atoms with E-state index < -0.39 is 53.5 Å². The summed E-state index contributed by atoms with van der Waals surface area (Å²) in [5.74, 6) is -1.03. The zero-order valence-corrected chi connectivity index (χ0v) is 33.6. The molecule has 0 radical (unpaired) electrons. The summed E-state index contributed by atoms with van der Waals surface area (Å²) in [5, 5.41) is 34.8. The van der Waals surface area contributed by atoms with Gasteiger partial charge in [-0.25, -0.2) is 4.79 Å². The molecule has 3 rings (SSSR count). The second-order valence-corrected chi connectivity index (χ2v) is 16.4. The van der Waals surface area contributed by atoms with Crippen molar-refractivity contribution in [2.45, 2.75) is 173 Å². The van der Waals surface area contributed by atoms with Crippen LogP contribution < -0.4 is 0 Å². The number of amides is 1. The van der Waals surface area contributed by atoms with Gasteiger partial charge in [0.1, 0.15) is 17.7 Å². The summed E-state index contributed by atoms with van der Waals surface area (Å²) in [6, 6.07) is 0.583. The Morgan fingerprint density at radius 3 is 2.28 bits per heavy atom. The molecule has 3 aliphatic rings. The molecule has 0 aromatic heterocycles. The van der Waals surface area contributed by atoms with Crippen LogP contribution in [0, 0.1) is 16.7 Å². The second-order valence-electron chi connectivity index (χ2n) is 16.4. The van der Waals surface area contributed by atoms with E-state index >= 15 is 0 Å². The van der Waals surface area contributed by atoms with Crippen molar-refractivity contribution in [2.75, 3.05) is 26.2 Å². The summed E-state index contributed by atoms with van der Waals surface area (Å²) in [7, 11) is 0. The van der Waals surface area contributed by atoms with Gasteiger partial charge >= 0.3 is 12.1 Å². The number of aliphatic hydroxyl groups excluding tert-OH is 2. The Morgan fingerprint density at radius 2 is 1.66 bits per heavy atom. The first-order valence-electron chi connectivity index (χ1n) is 20.0. The summed E-state index contributed by atoms with van der Waals surface area (Å²) in [6.07, 6.45) is 13.1. The number of esters is 1. The number of ether oxygens (including phenoxy) is 3. The monoisotopic (exact) mass is 748 g/mol. The summed E-state index contributed by atoms with van der Waals surface area (Å²) >= 11 is 0. The minimum absolute atomic E-state index is 0.0472. The van der Waals surface area contributed by atoms with E-state index in [2.05, 4.69) is 10.1 Å². The van der Waals surface area contributed by atoms with E-state index in [-0.39, 0.29) is 24.5 Å². The lowest BCUT2D eigenvalue weighted by Gasteiger charge is -2.33. The van der Waals surface area contributed by atoms with E-state index in [0.717, 1.165) is 19.5 Å². The maximum Gasteiger partial charge on any atom is 0.410 e. The van der Waals surface area contributed by atoms with Gasteiger partial charge in [-0.1, -0.05) is 76.4 Å². The lowest BCUT2D eigenvalue weighted by molar-refractivity contribution is -0.151. The molecule has 2 heterocycles. The van der Waals surface area contributed by atoms with E-state index in [1.54, 1.807) is 63.0 Å². The molecule has 0 spiro atoms. The highest BCUT2D eigenvalue weighted by Crippen LogP contribution is 2.39. The van der Waals surface area contributed by atoms with Crippen LogP contribution in [0.3, 0.4) is 0 Å². The lowest BCUT2D eigenvalue weighted by atomic mass is 9.90. The minimum Gasteiger partial charge on any atom is -0.457 e. The SMILES string of the molecule is CCC(O)CC(=O)OC(/C(C)=C/C=C/C(C)(CC1OC1C(C)C(O)CC)N=O)C(C)/C=C/C(OC(=O)N1CCCN(C2CCCCC2)CC1)C(C)(C)O. The molecule has 2 aliphatic heterocycles. The number of carbonyl (C=O) groups is 2. The highest BCUT2D eigenvalue weighted by atomic mass is 16.6. The highest BCUT2D eigenvalue weighted by Gasteiger charge is 2.48. The first-order valence-corrected chi connectivity index (χ1v) is 20.0. The Kier molecular flexibility index (Phi) is 17.6. The average Bonchev–Trinajstić information content (AvgIpc) is 3.93. The van der Waals surface area contributed by atoms with Gasteiger partial charge in [-0.2, -0.15) is 0 Å². The third-order valence-electron chi connectivity index (χ3n) is 11.3. The summed E-state index contributed by atoms with van der Waals surface area (Å²) in [6.45, 7) is 17.1. The zero-order chi connectivity index (χ0) is 39.3. The third-order valence-corrected chi connectivity index (χ3v) is 11.3. The van der Waals surface area contributed by atoms with Crippen LogP contribution in [0.15, 0.2) is 41.1 Å². The van der Waals surface area contributed by atoms with E-state index in [1.807, 2.05) is 27.7 Å². The van der Waals surface area contributed by atoms with Gasteiger partial charge in [0, 0.05) is 50.5 Å². The molecule has 0 aromatic carbocycles. The normalized spacial score (nSPS) is 25.6. The highest BCUT2D eigenvalue weighted by molar-refractivity contribution is 5.70. The third kappa shape index (κ3) is 14.2. The van der Waals surface area contributed by atoms with Gasteiger partial charge in [-0.15, -0.1) is 4.91 Å². The smallest absolute Gasteiger partial charge is 0.410 e. The van der Waals surface area contributed by atoms with E-state index in [0.29, 0.717) is 44.0 Å². The van der Waals surface area contributed by atoms with Crippen LogP contribution in [0.2, 0.25) is 0 Å². The van der Waals surface area contributed by atoms with Gasteiger partial charge in [-0.3, -0.25) is 9.69 Å². The first kappa shape index (κ1) is 44.8. The van der Waals surface area contributed by atoms with Crippen molar-refractivity contribution in [1.29, 1.82) is 0 Å². The average molecular weight is 748 g/mol. The topological polar surface area (TPSA) is 162 Å². The number of allylic oxidation sites excluding steroid dienone is 2.